The zero-order chi connectivity index (χ0) is 22.1. The Kier molecular flexibility index (Phi) is 8.49. The summed E-state index contributed by atoms with van der Waals surface area (Å²) in [6.45, 7) is 3.55. The van der Waals surface area contributed by atoms with Crippen LogP contribution < -0.4 is 10.0 Å². The van der Waals surface area contributed by atoms with Gasteiger partial charge in [0.1, 0.15) is 5.82 Å². The van der Waals surface area contributed by atoms with Crippen LogP contribution in [0.25, 0.3) is 0 Å². The summed E-state index contributed by atoms with van der Waals surface area (Å²) >= 11 is 0. The highest BCUT2D eigenvalue weighted by molar-refractivity contribution is 7.89. The molecule has 0 bridgehead atoms. The molecule has 1 atom stereocenters. The molecule has 162 valence electrons. The van der Waals surface area contributed by atoms with Crippen LogP contribution in [0, 0.1) is 11.7 Å². The third-order valence-corrected chi connectivity index (χ3v) is 5.82. The molecule has 7 nitrogen and oxygen atoms in total. The van der Waals surface area contributed by atoms with E-state index >= 15 is 0 Å². The predicted molar refractivity (Wildman–Crippen MR) is 110 cm³/mol. The lowest BCUT2D eigenvalue weighted by atomic mass is 9.99. The first-order valence-electron chi connectivity index (χ1n) is 9.56. The molecular weight excluding hydrogens is 411 g/mol. The van der Waals surface area contributed by atoms with Gasteiger partial charge in [-0.3, -0.25) is 9.59 Å². The maximum atomic E-state index is 14.2. The Morgan fingerprint density at radius 1 is 1.10 bits per heavy atom. The maximum Gasteiger partial charge on any atom is 0.311 e. The van der Waals surface area contributed by atoms with Gasteiger partial charge < -0.3 is 10.1 Å². The van der Waals surface area contributed by atoms with E-state index in [2.05, 4.69) is 10.0 Å². The number of hydrogen-bond donors (Lipinski definition) is 2. The van der Waals surface area contributed by atoms with Crippen molar-refractivity contribution in [2.75, 3.05) is 19.7 Å². The van der Waals surface area contributed by atoms with E-state index in [0.29, 0.717) is 6.42 Å². The average Bonchev–Trinajstić information content (AvgIpc) is 2.72. The number of esters is 1. The van der Waals surface area contributed by atoms with Crippen LogP contribution in [0.5, 0.6) is 0 Å². The second kappa shape index (κ2) is 10.8. The van der Waals surface area contributed by atoms with Crippen molar-refractivity contribution in [2.24, 2.45) is 5.92 Å². The molecule has 0 aliphatic heterocycles. The smallest absolute Gasteiger partial charge is 0.311 e. The van der Waals surface area contributed by atoms with E-state index in [1.54, 1.807) is 13.8 Å². The van der Waals surface area contributed by atoms with Crippen LogP contribution >= 0.6 is 0 Å². The molecule has 2 rings (SSSR count). The number of carbonyl (C=O) groups is 2. The average molecular weight is 437 g/mol. The Hall–Kier alpha value is -2.78. The van der Waals surface area contributed by atoms with E-state index in [0.717, 1.165) is 23.8 Å². The Bertz CT molecular complexity index is 980. The van der Waals surface area contributed by atoms with Gasteiger partial charge in [0.2, 0.25) is 10.0 Å². The van der Waals surface area contributed by atoms with Crippen molar-refractivity contribution in [1.82, 2.24) is 10.0 Å². The highest BCUT2D eigenvalue weighted by atomic mass is 32.2. The van der Waals surface area contributed by atoms with Gasteiger partial charge in [-0.15, -0.1) is 0 Å². The van der Waals surface area contributed by atoms with Crippen LogP contribution in [0.1, 0.15) is 29.8 Å². The minimum Gasteiger partial charge on any atom is -0.466 e. The number of halogens is 1. The van der Waals surface area contributed by atoms with Gasteiger partial charge in [0.05, 0.1) is 23.0 Å². The summed E-state index contributed by atoms with van der Waals surface area (Å²) in [4.78, 5) is 24.6. The molecule has 0 radical (unpaired) electrons. The summed E-state index contributed by atoms with van der Waals surface area (Å²) in [7, 11) is -3.85. The van der Waals surface area contributed by atoms with E-state index in [1.807, 2.05) is 30.3 Å². The molecule has 30 heavy (non-hydrogen) atoms. The van der Waals surface area contributed by atoms with Gasteiger partial charge in [-0.1, -0.05) is 37.3 Å². The lowest BCUT2D eigenvalue weighted by molar-refractivity contribution is -0.147. The first-order chi connectivity index (χ1) is 14.3. The molecule has 9 heteroatoms. The molecule has 0 aliphatic carbocycles. The lowest BCUT2D eigenvalue weighted by Crippen LogP contribution is -2.35. The van der Waals surface area contributed by atoms with Crippen molar-refractivity contribution >= 4 is 21.9 Å². The van der Waals surface area contributed by atoms with Crippen LogP contribution in [0.3, 0.4) is 0 Å². The molecule has 1 amide bonds. The van der Waals surface area contributed by atoms with Gasteiger partial charge in [0.25, 0.3) is 5.91 Å². The van der Waals surface area contributed by atoms with E-state index in [-0.39, 0.29) is 24.6 Å². The van der Waals surface area contributed by atoms with Gasteiger partial charge >= 0.3 is 5.97 Å². The fraction of sp³-hybridized carbons (Fsp3) is 0.333. The fourth-order valence-corrected chi connectivity index (χ4v) is 3.89. The van der Waals surface area contributed by atoms with Crippen LogP contribution in [0.2, 0.25) is 0 Å². The number of rotatable bonds is 10. The Labute approximate surface area is 175 Å². The summed E-state index contributed by atoms with van der Waals surface area (Å²) in [6.07, 6.45) is 0.331. The number of benzene rings is 2. The topological polar surface area (TPSA) is 102 Å². The second-order valence-electron chi connectivity index (χ2n) is 6.49. The van der Waals surface area contributed by atoms with Gasteiger partial charge in [-0.25, -0.2) is 17.5 Å². The summed E-state index contributed by atoms with van der Waals surface area (Å²) in [6, 6.07) is 12.2. The Morgan fingerprint density at radius 3 is 2.43 bits per heavy atom. The number of sulfonamides is 1. The highest BCUT2D eigenvalue weighted by Crippen LogP contribution is 2.16. The van der Waals surface area contributed by atoms with Crippen LogP contribution in [0.15, 0.2) is 53.4 Å². The van der Waals surface area contributed by atoms with Gasteiger partial charge in [-0.2, -0.15) is 0 Å². The molecular formula is C21H25FN2O5S. The lowest BCUT2D eigenvalue weighted by Gasteiger charge is -2.17. The minimum atomic E-state index is -3.85. The molecule has 2 N–H and O–H groups in total. The zero-order valence-corrected chi connectivity index (χ0v) is 17.7. The normalized spacial score (nSPS) is 12.2. The van der Waals surface area contributed by atoms with E-state index in [4.69, 9.17) is 4.74 Å². The largest absolute Gasteiger partial charge is 0.466 e. The fourth-order valence-electron chi connectivity index (χ4n) is 2.83. The molecule has 0 fully saturated rings. The molecule has 1 unspecified atom stereocenters. The van der Waals surface area contributed by atoms with Crippen molar-refractivity contribution in [1.29, 1.82) is 0 Å². The molecule has 0 heterocycles. The van der Waals surface area contributed by atoms with E-state index in [1.165, 1.54) is 0 Å². The van der Waals surface area contributed by atoms with Gasteiger partial charge in [-0.05, 0) is 37.1 Å². The summed E-state index contributed by atoms with van der Waals surface area (Å²) < 4.78 is 45.8. The number of hydrogen-bond acceptors (Lipinski definition) is 5. The number of carbonyl (C=O) groups excluding carboxylic acids is 2. The van der Waals surface area contributed by atoms with E-state index < -0.39 is 39.2 Å². The van der Waals surface area contributed by atoms with Crippen molar-refractivity contribution in [3.8, 4) is 0 Å². The number of nitrogens with one attached hydrogen (secondary N) is 2. The minimum absolute atomic E-state index is 0.0871. The molecule has 0 aliphatic rings. The zero-order valence-electron chi connectivity index (χ0n) is 16.9. The Balaban J connectivity index is 2.17. The third kappa shape index (κ3) is 6.36. The first-order valence-corrected chi connectivity index (χ1v) is 11.0. The summed E-state index contributed by atoms with van der Waals surface area (Å²) in [5.74, 6) is -2.83. The molecule has 0 saturated carbocycles. The standard InChI is InChI=1S/C21H25FN2O5S/c1-3-24-30(27,28)17-10-11-19(22)18(13-17)20(25)23-14-16(21(26)29-4-2)12-15-8-6-5-7-9-15/h5-11,13,16,24H,3-4,12,14H2,1-2H3,(H,23,25). The van der Waals surface area contributed by atoms with Crippen molar-refractivity contribution in [3.63, 3.8) is 0 Å². The van der Waals surface area contributed by atoms with Crippen LogP contribution in [0.4, 0.5) is 4.39 Å². The molecule has 0 spiro atoms. The molecule has 0 aromatic heterocycles. The summed E-state index contributed by atoms with van der Waals surface area (Å²) in [5.41, 5.74) is 0.464. The SMILES string of the molecule is CCNS(=O)(=O)c1ccc(F)c(C(=O)NCC(Cc2ccccc2)C(=O)OCC)c1. The highest BCUT2D eigenvalue weighted by Gasteiger charge is 2.23. The third-order valence-electron chi connectivity index (χ3n) is 4.28. The monoisotopic (exact) mass is 436 g/mol. The van der Waals surface area contributed by atoms with Gasteiger partial charge in [0, 0.05) is 13.1 Å². The summed E-state index contributed by atoms with van der Waals surface area (Å²) in [5, 5.41) is 2.52. The number of ether oxygens (including phenoxy) is 1. The van der Waals surface area contributed by atoms with Crippen LogP contribution in [-0.2, 0) is 26.0 Å². The molecule has 0 saturated heterocycles. The van der Waals surface area contributed by atoms with Crippen molar-refractivity contribution in [2.45, 2.75) is 25.2 Å². The van der Waals surface area contributed by atoms with Gasteiger partial charge in [0.15, 0.2) is 0 Å². The maximum absolute atomic E-state index is 14.2. The van der Waals surface area contributed by atoms with Crippen molar-refractivity contribution in [3.05, 3.63) is 65.5 Å². The second-order valence-corrected chi connectivity index (χ2v) is 8.26. The predicted octanol–water partition coefficient (Wildman–Crippen LogP) is 2.28. The molecule has 2 aromatic rings. The van der Waals surface area contributed by atoms with Crippen molar-refractivity contribution < 1.29 is 27.1 Å². The quantitative estimate of drug-likeness (QED) is 0.557. The Morgan fingerprint density at radius 2 is 1.80 bits per heavy atom. The molecule has 2 aromatic carbocycles. The first kappa shape index (κ1) is 23.5. The van der Waals surface area contributed by atoms with E-state index in [9.17, 15) is 22.4 Å². The number of amides is 1. The van der Waals surface area contributed by atoms with Crippen LogP contribution in [-0.4, -0.2) is 40.0 Å².